The fraction of sp³-hybridized carbons (Fsp3) is 0.333. The Kier molecular flexibility index (Phi) is 2.26. The highest BCUT2D eigenvalue weighted by molar-refractivity contribution is 5.29. The molecule has 0 saturated heterocycles. The minimum atomic E-state index is 1.12. The predicted octanol–water partition coefficient (Wildman–Crippen LogP) is 3.12. The molecule has 1 aliphatic rings. The normalized spacial score (nSPS) is 16.3. The third kappa shape index (κ3) is 1.58. The number of rotatable bonds is 0. The molecule has 0 bridgehead atoms. The highest BCUT2D eigenvalue weighted by Crippen LogP contribution is 2.15. The van der Waals surface area contributed by atoms with Crippen LogP contribution in [0.1, 0.15) is 24.0 Å². The Balaban J connectivity index is 2.32. The number of hydrogen-bond donors (Lipinski definition) is 0. The van der Waals surface area contributed by atoms with Gasteiger partial charge < -0.3 is 0 Å². The van der Waals surface area contributed by atoms with E-state index in [0.29, 0.717) is 0 Å². The molecular weight excluding hydrogens is 144 g/mol. The number of hydrogen-bond acceptors (Lipinski definition) is 0. The van der Waals surface area contributed by atoms with E-state index >= 15 is 0 Å². The van der Waals surface area contributed by atoms with Gasteiger partial charge in [-0.2, -0.15) is 0 Å². The predicted molar refractivity (Wildman–Crippen MR) is 52.2 cm³/mol. The average molecular weight is 158 g/mol. The molecule has 0 radical (unpaired) electrons. The Morgan fingerprint density at radius 3 is 2.67 bits per heavy atom. The lowest BCUT2D eigenvalue weighted by atomic mass is 9.97. The Morgan fingerprint density at radius 2 is 1.75 bits per heavy atom. The van der Waals surface area contributed by atoms with Crippen molar-refractivity contribution in [3.63, 3.8) is 0 Å². The van der Waals surface area contributed by atoms with E-state index in [4.69, 9.17) is 0 Å². The van der Waals surface area contributed by atoms with Crippen molar-refractivity contribution in [2.75, 3.05) is 0 Å². The number of allylic oxidation sites excluding steroid dienone is 2. The Morgan fingerprint density at radius 1 is 0.917 bits per heavy atom. The summed E-state index contributed by atoms with van der Waals surface area (Å²) in [5.74, 6) is 0. The zero-order valence-corrected chi connectivity index (χ0v) is 7.29. The molecule has 0 atom stereocenters. The van der Waals surface area contributed by atoms with E-state index in [2.05, 4.69) is 36.4 Å². The molecule has 12 heavy (non-hydrogen) atoms. The highest BCUT2D eigenvalue weighted by Gasteiger charge is 2.01. The van der Waals surface area contributed by atoms with Crippen molar-refractivity contribution >= 4 is 0 Å². The van der Waals surface area contributed by atoms with Crippen molar-refractivity contribution in [3.05, 3.63) is 47.5 Å². The van der Waals surface area contributed by atoms with Gasteiger partial charge >= 0.3 is 0 Å². The third-order valence-electron chi connectivity index (χ3n) is 2.44. The fourth-order valence-corrected chi connectivity index (χ4v) is 1.74. The molecule has 0 nitrogen and oxygen atoms in total. The van der Waals surface area contributed by atoms with Crippen LogP contribution >= 0.6 is 0 Å². The van der Waals surface area contributed by atoms with Crippen LogP contribution in [0, 0.1) is 0 Å². The smallest absolute Gasteiger partial charge is 0.00947 e. The minimum absolute atomic E-state index is 1.12. The van der Waals surface area contributed by atoms with Gasteiger partial charge in [-0.15, -0.1) is 0 Å². The van der Waals surface area contributed by atoms with Crippen LogP contribution in [0.5, 0.6) is 0 Å². The Hall–Kier alpha value is -1.04. The van der Waals surface area contributed by atoms with Gasteiger partial charge in [0.25, 0.3) is 0 Å². The van der Waals surface area contributed by atoms with Crippen LogP contribution in [0.3, 0.4) is 0 Å². The molecule has 1 aromatic rings. The molecule has 0 saturated carbocycles. The van der Waals surface area contributed by atoms with Gasteiger partial charge in [-0.3, -0.25) is 0 Å². The molecule has 0 aliphatic heterocycles. The van der Waals surface area contributed by atoms with Gasteiger partial charge in [-0.25, -0.2) is 0 Å². The summed E-state index contributed by atoms with van der Waals surface area (Å²) in [6, 6.07) is 8.78. The molecule has 2 rings (SSSR count). The maximum Gasteiger partial charge on any atom is -0.00947 e. The first-order valence-electron chi connectivity index (χ1n) is 4.68. The van der Waals surface area contributed by atoms with E-state index in [1.54, 1.807) is 5.56 Å². The summed E-state index contributed by atoms with van der Waals surface area (Å²) in [6.07, 6.45) is 9.51. The van der Waals surface area contributed by atoms with Crippen molar-refractivity contribution in [1.29, 1.82) is 0 Å². The van der Waals surface area contributed by atoms with E-state index in [9.17, 15) is 0 Å². The lowest BCUT2D eigenvalue weighted by Gasteiger charge is -2.08. The van der Waals surface area contributed by atoms with Crippen molar-refractivity contribution in [3.8, 4) is 0 Å². The topological polar surface area (TPSA) is 0 Å². The van der Waals surface area contributed by atoms with Crippen LogP contribution in [0.4, 0.5) is 0 Å². The Bertz CT molecular complexity index is 284. The number of fused-ring (bicyclic) bond motifs is 1. The lowest BCUT2D eigenvalue weighted by molar-refractivity contribution is 0.822. The van der Waals surface area contributed by atoms with Crippen molar-refractivity contribution < 1.29 is 0 Å². The quantitative estimate of drug-likeness (QED) is 0.509. The second-order valence-electron chi connectivity index (χ2n) is 3.34. The molecule has 1 aromatic carbocycles. The van der Waals surface area contributed by atoms with Crippen LogP contribution in [0.15, 0.2) is 36.4 Å². The average Bonchev–Trinajstić information content (AvgIpc) is 2.06. The summed E-state index contributed by atoms with van der Waals surface area (Å²) in [6.45, 7) is 0. The van der Waals surface area contributed by atoms with Gasteiger partial charge in [0.1, 0.15) is 0 Å². The van der Waals surface area contributed by atoms with E-state index in [1.807, 2.05) is 0 Å². The van der Waals surface area contributed by atoms with Gasteiger partial charge in [0.2, 0.25) is 0 Å². The summed E-state index contributed by atoms with van der Waals surface area (Å²) >= 11 is 0. The second kappa shape index (κ2) is 3.57. The van der Waals surface area contributed by atoms with Gasteiger partial charge in [-0.1, -0.05) is 36.4 Å². The zero-order chi connectivity index (χ0) is 8.23. The van der Waals surface area contributed by atoms with Gasteiger partial charge in [0.15, 0.2) is 0 Å². The molecule has 0 N–H and O–H groups in total. The first-order valence-corrected chi connectivity index (χ1v) is 4.68. The zero-order valence-electron chi connectivity index (χ0n) is 7.29. The van der Waals surface area contributed by atoms with Crippen LogP contribution in [-0.4, -0.2) is 0 Å². The SMILES string of the molecule is C1=CCc2ccccc2CCC1. The van der Waals surface area contributed by atoms with E-state index in [1.165, 1.54) is 24.8 Å². The maximum atomic E-state index is 2.30. The highest BCUT2D eigenvalue weighted by atomic mass is 14.1. The summed E-state index contributed by atoms with van der Waals surface area (Å²) in [4.78, 5) is 0. The number of benzene rings is 1. The van der Waals surface area contributed by atoms with Crippen molar-refractivity contribution in [2.24, 2.45) is 0 Å². The minimum Gasteiger partial charge on any atom is -0.0882 e. The fourth-order valence-electron chi connectivity index (χ4n) is 1.74. The monoisotopic (exact) mass is 158 g/mol. The van der Waals surface area contributed by atoms with E-state index < -0.39 is 0 Å². The molecule has 1 aliphatic carbocycles. The van der Waals surface area contributed by atoms with Crippen molar-refractivity contribution in [1.82, 2.24) is 0 Å². The van der Waals surface area contributed by atoms with Gasteiger partial charge in [0.05, 0.1) is 0 Å². The van der Waals surface area contributed by atoms with E-state index in [-0.39, 0.29) is 0 Å². The molecule has 62 valence electrons. The summed E-state index contributed by atoms with van der Waals surface area (Å²) in [7, 11) is 0. The van der Waals surface area contributed by atoms with Crippen LogP contribution in [0.25, 0.3) is 0 Å². The largest absolute Gasteiger partial charge is 0.0882 e. The first-order chi connectivity index (χ1) is 5.97. The molecule has 0 fully saturated rings. The summed E-state index contributed by atoms with van der Waals surface area (Å²) in [5.41, 5.74) is 3.05. The van der Waals surface area contributed by atoms with Crippen LogP contribution in [0.2, 0.25) is 0 Å². The molecule has 0 aromatic heterocycles. The third-order valence-corrected chi connectivity index (χ3v) is 2.44. The first kappa shape index (κ1) is 7.60. The molecule has 0 heteroatoms. The number of aryl methyl sites for hydroxylation is 1. The lowest BCUT2D eigenvalue weighted by Crippen LogP contribution is -1.95. The standard InChI is InChI=1S/C12H14/c1-2-4-8-12-10-6-5-9-11(12)7-3-1/h1,3,5-6,9-10H,2,4,7-8H2. The summed E-state index contributed by atoms with van der Waals surface area (Å²) < 4.78 is 0. The summed E-state index contributed by atoms with van der Waals surface area (Å²) in [5, 5.41) is 0. The second-order valence-corrected chi connectivity index (χ2v) is 3.34. The van der Waals surface area contributed by atoms with E-state index in [0.717, 1.165) is 6.42 Å². The van der Waals surface area contributed by atoms with Gasteiger partial charge in [-0.05, 0) is 36.8 Å². The molecule has 0 spiro atoms. The van der Waals surface area contributed by atoms with Crippen LogP contribution < -0.4 is 0 Å². The maximum absolute atomic E-state index is 2.30. The van der Waals surface area contributed by atoms with Gasteiger partial charge in [0, 0.05) is 0 Å². The van der Waals surface area contributed by atoms with Crippen LogP contribution in [-0.2, 0) is 12.8 Å². The molecule has 0 amide bonds. The van der Waals surface area contributed by atoms with Crippen molar-refractivity contribution in [2.45, 2.75) is 25.7 Å². The Labute approximate surface area is 73.9 Å². The molecule has 0 unspecified atom stereocenters. The molecular formula is C12H14. The molecule has 0 heterocycles.